The molecule has 13 heavy (non-hydrogen) atoms. The van der Waals surface area contributed by atoms with Crippen LogP contribution in [0.2, 0.25) is 0 Å². The lowest BCUT2D eigenvalue weighted by Gasteiger charge is -2.10. The minimum Gasteiger partial charge on any atom is -0.488 e. The number of hydrogen-bond acceptors (Lipinski definition) is 2. The van der Waals surface area contributed by atoms with Gasteiger partial charge in [-0.3, -0.25) is 0 Å². The van der Waals surface area contributed by atoms with Gasteiger partial charge in [-0.1, -0.05) is 0 Å². The van der Waals surface area contributed by atoms with Gasteiger partial charge in [-0.05, 0) is 53.6 Å². The van der Waals surface area contributed by atoms with E-state index in [9.17, 15) is 0 Å². The van der Waals surface area contributed by atoms with Gasteiger partial charge >= 0.3 is 0 Å². The lowest BCUT2D eigenvalue weighted by Crippen LogP contribution is -2.00. The largest absolute Gasteiger partial charge is 0.488 e. The Bertz CT molecular complexity index is 310. The Kier molecular flexibility index (Phi) is 2.62. The molecule has 2 rings (SSSR count). The quantitative estimate of drug-likeness (QED) is 0.864. The van der Waals surface area contributed by atoms with Crippen LogP contribution >= 0.6 is 22.6 Å². The SMILES string of the molecule is CNc1cc(I)ccc1OC1CC1. The van der Waals surface area contributed by atoms with Gasteiger partial charge in [-0.25, -0.2) is 0 Å². The summed E-state index contributed by atoms with van der Waals surface area (Å²) in [6, 6.07) is 6.20. The van der Waals surface area contributed by atoms with Gasteiger partial charge in [-0.15, -0.1) is 0 Å². The van der Waals surface area contributed by atoms with E-state index in [2.05, 4.69) is 40.0 Å². The van der Waals surface area contributed by atoms with Crippen molar-refractivity contribution in [2.24, 2.45) is 0 Å². The van der Waals surface area contributed by atoms with E-state index in [4.69, 9.17) is 4.74 Å². The number of anilines is 1. The summed E-state index contributed by atoms with van der Waals surface area (Å²) in [4.78, 5) is 0. The van der Waals surface area contributed by atoms with Crippen molar-refractivity contribution in [3.63, 3.8) is 0 Å². The Labute approximate surface area is 91.8 Å². The maximum absolute atomic E-state index is 5.74. The number of nitrogens with one attached hydrogen (secondary N) is 1. The van der Waals surface area contributed by atoms with Crippen LogP contribution < -0.4 is 10.1 Å². The highest BCUT2D eigenvalue weighted by atomic mass is 127. The molecule has 1 aromatic rings. The monoisotopic (exact) mass is 289 g/mol. The van der Waals surface area contributed by atoms with Crippen LogP contribution in [0.3, 0.4) is 0 Å². The summed E-state index contributed by atoms with van der Waals surface area (Å²) in [6.07, 6.45) is 2.87. The molecule has 0 amide bonds. The van der Waals surface area contributed by atoms with Crippen LogP contribution in [0.5, 0.6) is 5.75 Å². The van der Waals surface area contributed by atoms with Crippen molar-refractivity contribution < 1.29 is 4.74 Å². The van der Waals surface area contributed by atoms with Gasteiger partial charge in [0.05, 0.1) is 11.8 Å². The van der Waals surface area contributed by atoms with E-state index >= 15 is 0 Å². The second-order valence-electron chi connectivity index (χ2n) is 3.21. The van der Waals surface area contributed by atoms with Crippen LogP contribution in [0.4, 0.5) is 5.69 Å². The van der Waals surface area contributed by atoms with Crippen molar-refractivity contribution in [2.75, 3.05) is 12.4 Å². The van der Waals surface area contributed by atoms with Gasteiger partial charge in [0.2, 0.25) is 0 Å². The van der Waals surface area contributed by atoms with Gasteiger partial charge in [0.1, 0.15) is 5.75 Å². The zero-order chi connectivity index (χ0) is 9.26. The zero-order valence-electron chi connectivity index (χ0n) is 7.51. The molecule has 0 spiro atoms. The first-order valence-electron chi connectivity index (χ1n) is 4.43. The summed E-state index contributed by atoms with van der Waals surface area (Å²) in [6.45, 7) is 0. The third kappa shape index (κ3) is 2.27. The molecule has 0 heterocycles. The maximum atomic E-state index is 5.74. The van der Waals surface area contributed by atoms with Gasteiger partial charge in [0, 0.05) is 10.6 Å². The van der Waals surface area contributed by atoms with Crippen LogP contribution in [-0.4, -0.2) is 13.2 Å². The normalized spacial score (nSPS) is 15.5. The van der Waals surface area contributed by atoms with E-state index in [0.29, 0.717) is 6.10 Å². The molecule has 1 saturated carbocycles. The molecule has 70 valence electrons. The Hall–Kier alpha value is -0.450. The Morgan fingerprint density at radius 2 is 2.23 bits per heavy atom. The van der Waals surface area contributed by atoms with E-state index in [1.54, 1.807) is 0 Å². The molecule has 2 nitrogen and oxygen atoms in total. The molecule has 1 aromatic carbocycles. The predicted octanol–water partition coefficient (Wildman–Crippen LogP) is 2.87. The summed E-state index contributed by atoms with van der Waals surface area (Å²) < 4.78 is 6.96. The summed E-state index contributed by atoms with van der Waals surface area (Å²) in [5.41, 5.74) is 1.08. The number of rotatable bonds is 3. The van der Waals surface area contributed by atoms with E-state index < -0.39 is 0 Å². The molecule has 0 unspecified atom stereocenters. The predicted molar refractivity (Wildman–Crippen MR) is 62.4 cm³/mol. The zero-order valence-corrected chi connectivity index (χ0v) is 9.67. The highest BCUT2D eigenvalue weighted by molar-refractivity contribution is 14.1. The number of halogens is 1. The fourth-order valence-corrected chi connectivity index (χ4v) is 1.66. The lowest BCUT2D eigenvalue weighted by molar-refractivity contribution is 0.304. The van der Waals surface area contributed by atoms with Gasteiger partial charge in [0.25, 0.3) is 0 Å². The summed E-state index contributed by atoms with van der Waals surface area (Å²) in [7, 11) is 1.92. The summed E-state index contributed by atoms with van der Waals surface area (Å²) in [5, 5.41) is 3.14. The molecule has 0 aromatic heterocycles. The standard InChI is InChI=1S/C10H12INO/c1-12-9-6-7(11)2-5-10(9)13-8-3-4-8/h2,5-6,8,12H,3-4H2,1H3. The van der Waals surface area contributed by atoms with Crippen LogP contribution in [0.15, 0.2) is 18.2 Å². The highest BCUT2D eigenvalue weighted by Crippen LogP contribution is 2.32. The molecule has 0 atom stereocenters. The lowest BCUT2D eigenvalue weighted by atomic mass is 10.3. The molecular weight excluding hydrogens is 277 g/mol. The van der Waals surface area contributed by atoms with E-state index in [1.807, 2.05) is 13.1 Å². The smallest absolute Gasteiger partial charge is 0.142 e. The van der Waals surface area contributed by atoms with Crippen LogP contribution in [0.1, 0.15) is 12.8 Å². The summed E-state index contributed by atoms with van der Waals surface area (Å²) >= 11 is 2.30. The third-order valence-corrected chi connectivity index (χ3v) is 2.70. The fourth-order valence-electron chi connectivity index (χ4n) is 1.17. The Morgan fingerprint density at radius 1 is 1.46 bits per heavy atom. The minimum absolute atomic E-state index is 0.465. The number of benzene rings is 1. The Morgan fingerprint density at radius 3 is 2.85 bits per heavy atom. The minimum atomic E-state index is 0.465. The molecule has 3 heteroatoms. The average Bonchev–Trinajstić information content (AvgIpc) is 2.92. The van der Waals surface area contributed by atoms with Crippen LogP contribution in [-0.2, 0) is 0 Å². The fraction of sp³-hybridized carbons (Fsp3) is 0.400. The molecule has 1 fully saturated rings. The van der Waals surface area contributed by atoms with Crippen LogP contribution in [0, 0.1) is 3.57 Å². The van der Waals surface area contributed by atoms with Gasteiger partial charge < -0.3 is 10.1 Å². The Balaban J connectivity index is 2.21. The van der Waals surface area contributed by atoms with E-state index in [1.165, 1.54) is 16.4 Å². The number of ether oxygens (including phenoxy) is 1. The van der Waals surface area contributed by atoms with E-state index in [0.717, 1.165) is 11.4 Å². The molecule has 1 N–H and O–H groups in total. The first-order valence-corrected chi connectivity index (χ1v) is 5.51. The van der Waals surface area contributed by atoms with Crippen molar-refractivity contribution in [1.82, 2.24) is 0 Å². The van der Waals surface area contributed by atoms with Crippen molar-refractivity contribution in [3.05, 3.63) is 21.8 Å². The first-order chi connectivity index (χ1) is 6.29. The van der Waals surface area contributed by atoms with Crippen molar-refractivity contribution in [1.29, 1.82) is 0 Å². The summed E-state index contributed by atoms with van der Waals surface area (Å²) in [5.74, 6) is 0.977. The molecule has 1 aliphatic rings. The second-order valence-corrected chi connectivity index (χ2v) is 4.45. The van der Waals surface area contributed by atoms with Crippen LogP contribution in [0.25, 0.3) is 0 Å². The highest BCUT2D eigenvalue weighted by Gasteiger charge is 2.24. The van der Waals surface area contributed by atoms with Crippen molar-refractivity contribution in [2.45, 2.75) is 18.9 Å². The van der Waals surface area contributed by atoms with Crippen molar-refractivity contribution in [3.8, 4) is 5.75 Å². The van der Waals surface area contributed by atoms with Gasteiger partial charge in [-0.2, -0.15) is 0 Å². The average molecular weight is 289 g/mol. The molecule has 0 radical (unpaired) electrons. The molecule has 0 aliphatic heterocycles. The molecular formula is C10H12INO. The second kappa shape index (κ2) is 3.74. The third-order valence-electron chi connectivity index (χ3n) is 2.03. The van der Waals surface area contributed by atoms with E-state index in [-0.39, 0.29) is 0 Å². The van der Waals surface area contributed by atoms with Gasteiger partial charge in [0.15, 0.2) is 0 Å². The molecule has 1 aliphatic carbocycles. The molecule has 0 bridgehead atoms. The number of hydrogen-bond donors (Lipinski definition) is 1. The molecule has 0 saturated heterocycles. The van der Waals surface area contributed by atoms with Crippen molar-refractivity contribution >= 4 is 28.3 Å². The first kappa shape index (κ1) is 9.12. The maximum Gasteiger partial charge on any atom is 0.142 e. The topological polar surface area (TPSA) is 21.3 Å².